The summed E-state index contributed by atoms with van der Waals surface area (Å²) in [6.45, 7) is 1.69. The highest BCUT2D eigenvalue weighted by Crippen LogP contribution is 2.18. The van der Waals surface area contributed by atoms with Gasteiger partial charge >= 0.3 is 0 Å². The first-order valence-electron chi connectivity index (χ1n) is 6.45. The SMILES string of the molecule is Cc1cccc(C(=O)N[C@H](CO)c2ccccc2)c1N. The minimum Gasteiger partial charge on any atom is -0.398 e. The molecule has 2 rings (SSSR count). The molecule has 0 spiro atoms. The quantitative estimate of drug-likeness (QED) is 0.744. The number of para-hydroxylation sites is 1. The van der Waals surface area contributed by atoms with E-state index in [2.05, 4.69) is 5.32 Å². The zero-order valence-corrected chi connectivity index (χ0v) is 11.3. The van der Waals surface area contributed by atoms with Gasteiger partial charge in [-0.25, -0.2) is 0 Å². The van der Waals surface area contributed by atoms with Crippen LogP contribution in [-0.2, 0) is 0 Å². The van der Waals surface area contributed by atoms with Crippen molar-refractivity contribution in [2.45, 2.75) is 13.0 Å². The van der Waals surface area contributed by atoms with Gasteiger partial charge in [-0.2, -0.15) is 0 Å². The maximum absolute atomic E-state index is 12.3. The van der Waals surface area contributed by atoms with Gasteiger partial charge in [0.15, 0.2) is 0 Å². The van der Waals surface area contributed by atoms with Crippen molar-refractivity contribution in [1.29, 1.82) is 0 Å². The smallest absolute Gasteiger partial charge is 0.253 e. The number of nitrogens with one attached hydrogen (secondary N) is 1. The molecule has 104 valence electrons. The highest BCUT2D eigenvalue weighted by molar-refractivity contribution is 5.99. The summed E-state index contributed by atoms with van der Waals surface area (Å²) in [7, 11) is 0. The summed E-state index contributed by atoms with van der Waals surface area (Å²) in [6.07, 6.45) is 0. The van der Waals surface area contributed by atoms with E-state index in [1.165, 1.54) is 0 Å². The van der Waals surface area contributed by atoms with Crippen LogP contribution in [0.3, 0.4) is 0 Å². The van der Waals surface area contributed by atoms with Gasteiger partial charge in [0.25, 0.3) is 5.91 Å². The molecule has 1 amide bonds. The van der Waals surface area contributed by atoms with Crippen LogP contribution in [0.15, 0.2) is 48.5 Å². The second-order valence-electron chi connectivity index (χ2n) is 4.66. The van der Waals surface area contributed by atoms with Crippen molar-refractivity contribution in [2.75, 3.05) is 12.3 Å². The molecule has 0 aliphatic carbocycles. The van der Waals surface area contributed by atoms with Crippen LogP contribution in [0.1, 0.15) is 27.5 Å². The second kappa shape index (κ2) is 6.21. The van der Waals surface area contributed by atoms with Crippen LogP contribution in [0.5, 0.6) is 0 Å². The maximum Gasteiger partial charge on any atom is 0.253 e. The second-order valence-corrected chi connectivity index (χ2v) is 4.66. The Morgan fingerprint density at radius 3 is 2.55 bits per heavy atom. The zero-order chi connectivity index (χ0) is 14.5. The lowest BCUT2D eigenvalue weighted by Gasteiger charge is -2.17. The first-order chi connectivity index (χ1) is 9.63. The fourth-order valence-corrected chi connectivity index (χ4v) is 2.03. The Bertz CT molecular complexity index is 597. The molecule has 0 bridgehead atoms. The number of benzene rings is 2. The number of aliphatic hydroxyl groups is 1. The molecule has 0 radical (unpaired) electrons. The van der Waals surface area contributed by atoms with Gasteiger partial charge in [-0.3, -0.25) is 4.79 Å². The van der Waals surface area contributed by atoms with Crippen LogP contribution in [0.4, 0.5) is 5.69 Å². The highest BCUT2D eigenvalue weighted by atomic mass is 16.3. The molecule has 20 heavy (non-hydrogen) atoms. The summed E-state index contributed by atoms with van der Waals surface area (Å²) >= 11 is 0. The molecule has 0 unspecified atom stereocenters. The third-order valence-corrected chi connectivity index (χ3v) is 3.26. The molecule has 4 nitrogen and oxygen atoms in total. The van der Waals surface area contributed by atoms with E-state index in [4.69, 9.17) is 5.73 Å². The fourth-order valence-electron chi connectivity index (χ4n) is 2.03. The summed E-state index contributed by atoms with van der Waals surface area (Å²) in [6, 6.07) is 14.2. The number of amides is 1. The van der Waals surface area contributed by atoms with Crippen molar-refractivity contribution in [2.24, 2.45) is 0 Å². The molecular formula is C16H18N2O2. The van der Waals surface area contributed by atoms with E-state index in [0.29, 0.717) is 11.3 Å². The lowest BCUT2D eigenvalue weighted by molar-refractivity contribution is 0.0917. The highest BCUT2D eigenvalue weighted by Gasteiger charge is 2.16. The standard InChI is InChI=1S/C16H18N2O2/c1-11-6-5-9-13(15(11)17)16(20)18-14(10-19)12-7-3-2-4-8-12/h2-9,14,19H,10,17H2,1H3,(H,18,20)/t14-/m1/s1. The number of anilines is 1. The average molecular weight is 270 g/mol. The molecule has 2 aromatic rings. The normalized spacial score (nSPS) is 11.9. The lowest BCUT2D eigenvalue weighted by atomic mass is 10.1. The number of nitrogens with two attached hydrogens (primary N) is 1. The molecule has 4 N–H and O–H groups in total. The number of hydrogen-bond donors (Lipinski definition) is 3. The largest absolute Gasteiger partial charge is 0.398 e. The van der Waals surface area contributed by atoms with Crippen LogP contribution in [0, 0.1) is 6.92 Å². The predicted octanol–water partition coefficient (Wildman–Crippen LogP) is 2.04. The number of rotatable bonds is 4. The molecule has 4 heteroatoms. The Labute approximate surface area is 118 Å². The van der Waals surface area contributed by atoms with E-state index < -0.39 is 6.04 Å². The van der Waals surface area contributed by atoms with Crippen LogP contribution in [-0.4, -0.2) is 17.6 Å². The van der Waals surface area contributed by atoms with Gasteiger partial charge in [0, 0.05) is 5.69 Å². The lowest BCUT2D eigenvalue weighted by Crippen LogP contribution is -2.31. The van der Waals surface area contributed by atoms with Crippen LogP contribution < -0.4 is 11.1 Å². The van der Waals surface area contributed by atoms with E-state index >= 15 is 0 Å². The van der Waals surface area contributed by atoms with E-state index in [-0.39, 0.29) is 12.5 Å². The van der Waals surface area contributed by atoms with Gasteiger partial charge < -0.3 is 16.2 Å². The molecule has 0 saturated heterocycles. The first kappa shape index (κ1) is 14.1. The van der Waals surface area contributed by atoms with Crippen molar-refractivity contribution >= 4 is 11.6 Å². The predicted molar refractivity (Wildman–Crippen MR) is 79.3 cm³/mol. The summed E-state index contributed by atoms with van der Waals surface area (Å²) in [4.78, 5) is 12.3. The van der Waals surface area contributed by atoms with E-state index in [9.17, 15) is 9.90 Å². The third-order valence-electron chi connectivity index (χ3n) is 3.26. The van der Waals surface area contributed by atoms with Crippen molar-refractivity contribution in [1.82, 2.24) is 5.32 Å². The monoisotopic (exact) mass is 270 g/mol. The van der Waals surface area contributed by atoms with Crippen molar-refractivity contribution < 1.29 is 9.90 Å². The number of aliphatic hydroxyl groups excluding tert-OH is 1. The molecule has 0 saturated carbocycles. The summed E-state index contributed by atoms with van der Waals surface area (Å²) in [5, 5.41) is 12.3. The maximum atomic E-state index is 12.3. The van der Waals surface area contributed by atoms with Gasteiger partial charge in [0.2, 0.25) is 0 Å². The molecule has 0 aliphatic heterocycles. The number of carbonyl (C=O) groups excluding carboxylic acids is 1. The van der Waals surface area contributed by atoms with Gasteiger partial charge in [0.1, 0.15) is 0 Å². The summed E-state index contributed by atoms with van der Waals surface area (Å²) in [5.41, 5.74) is 8.53. The topological polar surface area (TPSA) is 75.3 Å². The molecular weight excluding hydrogens is 252 g/mol. The minimum absolute atomic E-state index is 0.165. The number of nitrogen functional groups attached to an aromatic ring is 1. The Morgan fingerprint density at radius 1 is 1.20 bits per heavy atom. The van der Waals surface area contributed by atoms with E-state index in [1.54, 1.807) is 12.1 Å². The molecule has 0 fully saturated rings. The van der Waals surface area contributed by atoms with E-state index in [1.807, 2.05) is 43.3 Å². The first-order valence-corrected chi connectivity index (χ1v) is 6.45. The fraction of sp³-hybridized carbons (Fsp3) is 0.188. The Balaban J connectivity index is 2.20. The van der Waals surface area contributed by atoms with Crippen molar-refractivity contribution in [3.8, 4) is 0 Å². The zero-order valence-electron chi connectivity index (χ0n) is 11.3. The average Bonchev–Trinajstić information content (AvgIpc) is 2.48. The van der Waals surface area contributed by atoms with Gasteiger partial charge in [0.05, 0.1) is 18.2 Å². The van der Waals surface area contributed by atoms with Crippen molar-refractivity contribution in [3.05, 3.63) is 65.2 Å². The Morgan fingerprint density at radius 2 is 1.90 bits per heavy atom. The Hall–Kier alpha value is -2.33. The van der Waals surface area contributed by atoms with Crippen LogP contribution >= 0.6 is 0 Å². The third kappa shape index (κ3) is 2.97. The number of aryl methyl sites for hydroxylation is 1. The number of hydrogen-bond acceptors (Lipinski definition) is 3. The molecule has 0 aliphatic rings. The number of carbonyl (C=O) groups is 1. The summed E-state index contributed by atoms with van der Waals surface area (Å²) < 4.78 is 0. The van der Waals surface area contributed by atoms with Crippen LogP contribution in [0.2, 0.25) is 0 Å². The molecule has 1 atom stereocenters. The van der Waals surface area contributed by atoms with Gasteiger partial charge in [-0.1, -0.05) is 42.5 Å². The van der Waals surface area contributed by atoms with Gasteiger partial charge in [-0.15, -0.1) is 0 Å². The van der Waals surface area contributed by atoms with Crippen molar-refractivity contribution in [3.63, 3.8) is 0 Å². The minimum atomic E-state index is -0.441. The summed E-state index contributed by atoms with van der Waals surface area (Å²) in [5.74, 6) is -0.283. The van der Waals surface area contributed by atoms with Crippen LogP contribution in [0.25, 0.3) is 0 Å². The molecule has 0 heterocycles. The molecule has 0 aromatic heterocycles. The molecule has 2 aromatic carbocycles. The van der Waals surface area contributed by atoms with Gasteiger partial charge in [-0.05, 0) is 24.1 Å². The van der Waals surface area contributed by atoms with E-state index in [0.717, 1.165) is 11.1 Å². The Kier molecular flexibility index (Phi) is 4.38.